The van der Waals surface area contributed by atoms with Gasteiger partial charge in [0.05, 0.1) is 12.3 Å². The highest BCUT2D eigenvalue weighted by Crippen LogP contribution is 2.18. The molecule has 22 heavy (non-hydrogen) atoms. The fourth-order valence-electron chi connectivity index (χ4n) is 2.00. The van der Waals surface area contributed by atoms with Crippen LogP contribution in [0.3, 0.4) is 0 Å². The van der Waals surface area contributed by atoms with Crippen LogP contribution in [-0.4, -0.2) is 19.2 Å². The molecule has 0 saturated carbocycles. The van der Waals surface area contributed by atoms with Gasteiger partial charge in [0.25, 0.3) is 0 Å². The highest BCUT2D eigenvalue weighted by molar-refractivity contribution is 7.89. The van der Waals surface area contributed by atoms with E-state index in [0.717, 1.165) is 22.7 Å². The molecule has 0 aliphatic heterocycles. The minimum atomic E-state index is -3.18. The van der Waals surface area contributed by atoms with E-state index >= 15 is 0 Å². The first kappa shape index (κ1) is 17.1. The van der Waals surface area contributed by atoms with Gasteiger partial charge in [0, 0.05) is 17.5 Å². The number of aryl methyl sites for hydroxylation is 1. The maximum atomic E-state index is 11.8. The van der Waals surface area contributed by atoms with E-state index in [0.29, 0.717) is 6.42 Å². The van der Waals surface area contributed by atoms with Gasteiger partial charge in [0.2, 0.25) is 10.0 Å². The molecule has 0 radical (unpaired) electrons. The zero-order chi connectivity index (χ0) is 16.0. The van der Waals surface area contributed by atoms with Gasteiger partial charge in [0.15, 0.2) is 0 Å². The van der Waals surface area contributed by atoms with Gasteiger partial charge < -0.3 is 0 Å². The number of nitrogens with zero attached hydrogens (tertiary/aromatic N) is 1. The second-order valence-corrected chi connectivity index (χ2v) is 8.50. The SMILES string of the molecule is CCCCS(=O)(=O)NCc1ncc(Cc2ccc(C)cc2)s1. The predicted molar refractivity (Wildman–Crippen MR) is 91.6 cm³/mol. The fraction of sp³-hybridized carbons (Fsp3) is 0.438. The van der Waals surface area contributed by atoms with Crippen LogP contribution in [0, 0.1) is 6.92 Å². The highest BCUT2D eigenvalue weighted by atomic mass is 32.2. The van der Waals surface area contributed by atoms with Gasteiger partial charge in [-0.05, 0) is 18.9 Å². The quantitative estimate of drug-likeness (QED) is 0.804. The van der Waals surface area contributed by atoms with Gasteiger partial charge in [-0.1, -0.05) is 43.2 Å². The lowest BCUT2D eigenvalue weighted by molar-refractivity contribution is 0.577. The van der Waals surface area contributed by atoms with Gasteiger partial charge in [-0.3, -0.25) is 0 Å². The molecule has 4 nitrogen and oxygen atoms in total. The lowest BCUT2D eigenvalue weighted by Gasteiger charge is -2.03. The van der Waals surface area contributed by atoms with Crippen LogP contribution in [0.25, 0.3) is 0 Å². The van der Waals surface area contributed by atoms with Crippen molar-refractivity contribution in [2.24, 2.45) is 0 Å². The van der Waals surface area contributed by atoms with Crippen LogP contribution in [0.1, 0.15) is 40.8 Å². The van der Waals surface area contributed by atoms with Crippen molar-refractivity contribution < 1.29 is 8.42 Å². The number of unbranched alkanes of at least 4 members (excludes halogenated alkanes) is 1. The lowest BCUT2D eigenvalue weighted by Crippen LogP contribution is -2.25. The summed E-state index contributed by atoms with van der Waals surface area (Å²) in [6.07, 6.45) is 4.23. The number of rotatable bonds is 8. The number of hydrogen-bond acceptors (Lipinski definition) is 4. The largest absolute Gasteiger partial charge is 0.248 e. The van der Waals surface area contributed by atoms with Gasteiger partial charge in [-0.15, -0.1) is 11.3 Å². The summed E-state index contributed by atoms with van der Waals surface area (Å²) in [4.78, 5) is 5.45. The molecule has 6 heteroatoms. The van der Waals surface area contributed by atoms with E-state index in [-0.39, 0.29) is 12.3 Å². The van der Waals surface area contributed by atoms with Crippen molar-refractivity contribution in [3.05, 3.63) is 51.5 Å². The third-order valence-corrected chi connectivity index (χ3v) is 5.72. The molecule has 0 atom stereocenters. The van der Waals surface area contributed by atoms with Gasteiger partial charge >= 0.3 is 0 Å². The third-order valence-electron chi connectivity index (χ3n) is 3.31. The number of nitrogens with one attached hydrogen (secondary N) is 1. The molecule has 1 aromatic heterocycles. The van der Waals surface area contributed by atoms with E-state index in [9.17, 15) is 8.42 Å². The molecule has 0 amide bonds. The van der Waals surface area contributed by atoms with Crippen LogP contribution in [0.2, 0.25) is 0 Å². The zero-order valence-electron chi connectivity index (χ0n) is 13.0. The Bertz CT molecular complexity index is 691. The van der Waals surface area contributed by atoms with Crippen molar-refractivity contribution in [2.45, 2.75) is 39.7 Å². The Labute approximate surface area is 136 Å². The molecule has 0 bridgehead atoms. The Morgan fingerprint density at radius 1 is 1.23 bits per heavy atom. The zero-order valence-corrected chi connectivity index (χ0v) is 14.6. The minimum absolute atomic E-state index is 0.186. The minimum Gasteiger partial charge on any atom is -0.248 e. The molecule has 0 fully saturated rings. The Morgan fingerprint density at radius 3 is 2.64 bits per heavy atom. The Balaban J connectivity index is 1.90. The topological polar surface area (TPSA) is 59.1 Å². The molecule has 2 aromatic rings. The average molecular weight is 338 g/mol. The van der Waals surface area contributed by atoms with Crippen LogP contribution < -0.4 is 4.72 Å². The van der Waals surface area contributed by atoms with E-state index in [1.165, 1.54) is 11.1 Å². The number of aromatic nitrogens is 1. The molecule has 0 spiro atoms. The van der Waals surface area contributed by atoms with Crippen molar-refractivity contribution in [2.75, 3.05) is 5.75 Å². The average Bonchev–Trinajstić information content (AvgIpc) is 2.93. The number of thiazole rings is 1. The Hall–Kier alpha value is -1.24. The standard InChI is InChI=1S/C16H22N2O2S2/c1-3-4-9-22(19,20)18-12-16-17-11-15(21-16)10-14-7-5-13(2)6-8-14/h5-8,11,18H,3-4,9-10,12H2,1-2H3. The monoisotopic (exact) mass is 338 g/mol. The van der Waals surface area contributed by atoms with E-state index in [1.54, 1.807) is 11.3 Å². The number of sulfonamides is 1. The van der Waals surface area contributed by atoms with E-state index in [2.05, 4.69) is 40.9 Å². The molecule has 1 aromatic carbocycles. The number of benzene rings is 1. The van der Waals surface area contributed by atoms with E-state index in [1.807, 2.05) is 13.1 Å². The van der Waals surface area contributed by atoms with Crippen molar-refractivity contribution >= 4 is 21.4 Å². The lowest BCUT2D eigenvalue weighted by atomic mass is 10.1. The van der Waals surface area contributed by atoms with Crippen molar-refractivity contribution in [1.82, 2.24) is 9.71 Å². The van der Waals surface area contributed by atoms with Crippen LogP contribution >= 0.6 is 11.3 Å². The molecular weight excluding hydrogens is 316 g/mol. The van der Waals surface area contributed by atoms with E-state index in [4.69, 9.17) is 0 Å². The second kappa shape index (κ2) is 7.85. The summed E-state index contributed by atoms with van der Waals surface area (Å²) in [5.41, 5.74) is 2.49. The first-order chi connectivity index (χ1) is 10.5. The van der Waals surface area contributed by atoms with Gasteiger partial charge in [-0.2, -0.15) is 0 Å². The summed E-state index contributed by atoms with van der Waals surface area (Å²) >= 11 is 1.56. The highest BCUT2D eigenvalue weighted by Gasteiger charge is 2.10. The molecule has 0 aliphatic rings. The van der Waals surface area contributed by atoms with Crippen molar-refractivity contribution in [3.8, 4) is 0 Å². The van der Waals surface area contributed by atoms with Gasteiger partial charge in [-0.25, -0.2) is 18.1 Å². The molecule has 0 unspecified atom stereocenters. The van der Waals surface area contributed by atoms with Gasteiger partial charge in [0.1, 0.15) is 5.01 Å². The summed E-state index contributed by atoms with van der Waals surface area (Å²) in [7, 11) is -3.18. The normalized spacial score (nSPS) is 11.7. The summed E-state index contributed by atoms with van der Waals surface area (Å²) in [6.45, 7) is 4.33. The molecule has 1 heterocycles. The fourth-order valence-corrected chi connectivity index (χ4v) is 4.15. The van der Waals surface area contributed by atoms with Crippen LogP contribution in [0.4, 0.5) is 0 Å². The maximum absolute atomic E-state index is 11.8. The summed E-state index contributed by atoms with van der Waals surface area (Å²) in [5.74, 6) is 0.186. The van der Waals surface area contributed by atoms with Crippen LogP contribution in [0.15, 0.2) is 30.5 Å². The van der Waals surface area contributed by atoms with E-state index < -0.39 is 10.0 Å². The molecule has 2 rings (SSSR count). The molecule has 120 valence electrons. The van der Waals surface area contributed by atoms with Crippen LogP contribution in [-0.2, 0) is 23.0 Å². The Morgan fingerprint density at radius 2 is 1.95 bits per heavy atom. The van der Waals surface area contributed by atoms with Crippen molar-refractivity contribution in [1.29, 1.82) is 0 Å². The molecule has 0 aliphatic carbocycles. The summed E-state index contributed by atoms with van der Waals surface area (Å²) in [6, 6.07) is 8.42. The Kier molecular flexibility index (Phi) is 6.11. The van der Waals surface area contributed by atoms with Crippen LogP contribution in [0.5, 0.6) is 0 Å². The summed E-state index contributed by atoms with van der Waals surface area (Å²) < 4.78 is 26.1. The van der Waals surface area contributed by atoms with Crippen molar-refractivity contribution in [3.63, 3.8) is 0 Å². The predicted octanol–water partition coefficient (Wildman–Crippen LogP) is 3.26. The maximum Gasteiger partial charge on any atom is 0.211 e. The second-order valence-electron chi connectivity index (χ2n) is 5.38. The molecular formula is C16H22N2O2S2. The first-order valence-corrected chi connectivity index (χ1v) is 9.92. The molecule has 1 N–H and O–H groups in total. The third kappa shape index (κ3) is 5.51. The molecule has 0 saturated heterocycles. The first-order valence-electron chi connectivity index (χ1n) is 7.45. The number of hydrogen-bond donors (Lipinski definition) is 1. The smallest absolute Gasteiger partial charge is 0.211 e. The summed E-state index contributed by atoms with van der Waals surface area (Å²) in [5, 5.41) is 0.808.